The molecule has 0 spiro atoms. The van der Waals surface area contributed by atoms with Gasteiger partial charge in [-0.25, -0.2) is 4.79 Å². The summed E-state index contributed by atoms with van der Waals surface area (Å²) in [7, 11) is 1.61. The van der Waals surface area contributed by atoms with Crippen LogP contribution in [0.3, 0.4) is 0 Å². The third kappa shape index (κ3) is 4.04. The van der Waals surface area contributed by atoms with Crippen LogP contribution >= 0.6 is 0 Å². The second-order valence-corrected chi connectivity index (χ2v) is 10.7. The zero-order valence-corrected chi connectivity index (χ0v) is 20.6. The first-order valence-corrected chi connectivity index (χ1v) is 12.3. The molecule has 5 rings (SSSR count). The number of piperidine rings is 1. The Labute approximate surface area is 201 Å². The molecule has 0 unspecified atom stereocenters. The van der Waals surface area contributed by atoms with Gasteiger partial charge in [0.05, 0.1) is 7.11 Å². The molecule has 1 saturated heterocycles. The van der Waals surface area contributed by atoms with Gasteiger partial charge in [0.15, 0.2) is 6.29 Å². The first kappa shape index (κ1) is 22.8. The van der Waals surface area contributed by atoms with Gasteiger partial charge in [0.2, 0.25) is 0 Å². The monoisotopic (exact) mass is 462 g/mol. The minimum atomic E-state index is -0.506. The fourth-order valence-corrected chi connectivity index (χ4v) is 5.88. The molecule has 0 aromatic heterocycles. The molecule has 6 heteroatoms. The summed E-state index contributed by atoms with van der Waals surface area (Å²) in [6, 6.07) is 10.6. The lowest BCUT2D eigenvalue weighted by Gasteiger charge is -2.39. The van der Waals surface area contributed by atoms with E-state index in [1.807, 2.05) is 37.8 Å². The predicted octanol–water partition coefficient (Wildman–Crippen LogP) is 5.42. The van der Waals surface area contributed by atoms with Gasteiger partial charge in [-0.1, -0.05) is 0 Å². The number of amides is 1. The summed E-state index contributed by atoms with van der Waals surface area (Å²) in [6.45, 7) is 8.18. The Bertz CT molecular complexity index is 1120. The molecule has 1 fully saturated rings. The van der Waals surface area contributed by atoms with Crippen molar-refractivity contribution in [3.8, 4) is 16.9 Å². The molecule has 34 heavy (non-hydrogen) atoms. The Morgan fingerprint density at radius 2 is 1.94 bits per heavy atom. The lowest BCUT2D eigenvalue weighted by atomic mass is 9.85. The number of hydrogen-bond donors (Lipinski definition) is 0. The fraction of sp³-hybridized carbons (Fsp3) is 0.500. The van der Waals surface area contributed by atoms with E-state index in [1.165, 1.54) is 23.2 Å². The first-order valence-electron chi connectivity index (χ1n) is 12.3. The Kier molecular flexibility index (Phi) is 5.78. The molecule has 3 heterocycles. The topological polar surface area (TPSA) is 59.1 Å². The first-order chi connectivity index (χ1) is 16.3. The smallest absolute Gasteiger partial charge is 0.410 e. The molecule has 0 aliphatic carbocycles. The SMILES string of the molecule is COc1ccc(-c2cc3c4c(c2)[C@@H]2CN(C(=O)OC(C)(C)C)CC[C@@H]2N4CCCC3)c(C=O)c1. The average molecular weight is 463 g/mol. The normalized spacial score (nSPS) is 21.4. The minimum absolute atomic E-state index is 0.229. The quantitative estimate of drug-likeness (QED) is 0.570. The molecule has 3 aliphatic heterocycles. The number of likely N-dealkylation sites (tertiary alicyclic amines) is 1. The van der Waals surface area contributed by atoms with E-state index in [4.69, 9.17) is 9.47 Å². The lowest BCUT2D eigenvalue weighted by Crippen LogP contribution is -2.49. The second-order valence-electron chi connectivity index (χ2n) is 10.7. The second kappa shape index (κ2) is 8.64. The van der Waals surface area contributed by atoms with Crippen LogP contribution < -0.4 is 9.64 Å². The number of carbonyl (C=O) groups is 2. The Balaban J connectivity index is 1.56. The number of aryl methyl sites for hydroxylation is 1. The number of rotatable bonds is 3. The summed E-state index contributed by atoms with van der Waals surface area (Å²) in [5, 5.41) is 0. The van der Waals surface area contributed by atoms with Crippen molar-refractivity contribution in [3.63, 3.8) is 0 Å². The van der Waals surface area contributed by atoms with Gasteiger partial charge in [-0.05, 0) is 99.0 Å². The van der Waals surface area contributed by atoms with Crippen molar-refractivity contribution in [1.29, 1.82) is 0 Å². The molecule has 2 aromatic rings. The molecule has 0 bridgehead atoms. The maximum absolute atomic E-state index is 12.9. The number of fused-ring (bicyclic) bond motifs is 3. The maximum atomic E-state index is 12.9. The molecule has 3 aliphatic rings. The highest BCUT2D eigenvalue weighted by Gasteiger charge is 2.45. The molecule has 0 N–H and O–H groups in total. The van der Waals surface area contributed by atoms with E-state index in [-0.39, 0.29) is 12.0 Å². The largest absolute Gasteiger partial charge is 0.497 e. The minimum Gasteiger partial charge on any atom is -0.497 e. The molecular weight excluding hydrogens is 428 g/mol. The van der Waals surface area contributed by atoms with Gasteiger partial charge in [-0.15, -0.1) is 0 Å². The number of benzene rings is 2. The van der Waals surface area contributed by atoms with E-state index < -0.39 is 5.60 Å². The van der Waals surface area contributed by atoms with Crippen molar-refractivity contribution in [2.75, 3.05) is 31.6 Å². The van der Waals surface area contributed by atoms with Gasteiger partial charge >= 0.3 is 6.09 Å². The van der Waals surface area contributed by atoms with E-state index in [0.717, 1.165) is 49.8 Å². The van der Waals surface area contributed by atoms with Gasteiger partial charge in [0, 0.05) is 42.8 Å². The van der Waals surface area contributed by atoms with Crippen LogP contribution in [0.25, 0.3) is 11.1 Å². The zero-order chi connectivity index (χ0) is 24.0. The van der Waals surface area contributed by atoms with Crippen molar-refractivity contribution >= 4 is 18.1 Å². The Morgan fingerprint density at radius 3 is 2.68 bits per heavy atom. The van der Waals surface area contributed by atoms with Crippen molar-refractivity contribution in [3.05, 3.63) is 47.0 Å². The van der Waals surface area contributed by atoms with Crippen LogP contribution in [0, 0.1) is 0 Å². The molecule has 180 valence electrons. The van der Waals surface area contributed by atoms with E-state index in [0.29, 0.717) is 23.9 Å². The summed E-state index contributed by atoms with van der Waals surface area (Å²) in [5.41, 5.74) is 6.14. The van der Waals surface area contributed by atoms with Gasteiger partial charge in [-0.2, -0.15) is 0 Å². The Hall–Kier alpha value is -3.02. The number of nitrogens with zero attached hydrogens (tertiary/aromatic N) is 2. The van der Waals surface area contributed by atoms with Gasteiger partial charge in [0.25, 0.3) is 0 Å². The van der Waals surface area contributed by atoms with Gasteiger partial charge < -0.3 is 19.3 Å². The van der Waals surface area contributed by atoms with Crippen LogP contribution in [0.4, 0.5) is 10.5 Å². The van der Waals surface area contributed by atoms with Crippen molar-refractivity contribution < 1.29 is 19.1 Å². The zero-order valence-electron chi connectivity index (χ0n) is 20.6. The third-order valence-corrected chi connectivity index (χ3v) is 7.33. The summed E-state index contributed by atoms with van der Waals surface area (Å²) in [5.74, 6) is 0.919. The van der Waals surface area contributed by atoms with Gasteiger partial charge in [0.1, 0.15) is 11.4 Å². The highest BCUT2D eigenvalue weighted by atomic mass is 16.6. The van der Waals surface area contributed by atoms with Crippen molar-refractivity contribution in [2.24, 2.45) is 0 Å². The molecule has 1 amide bonds. The maximum Gasteiger partial charge on any atom is 0.410 e. The molecule has 2 aromatic carbocycles. The highest BCUT2D eigenvalue weighted by molar-refractivity contribution is 5.89. The average Bonchev–Trinajstić information content (AvgIpc) is 2.96. The molecule has 0 saturated carbocycles. The van der Waals surface area contributed by atoms with Crippen LogP contribution in [0.1, 0.15) is 67.4 Å². The van der Waals surface area contributed by atoms with Crippen LogP contribution in [-0.2, 0) is 11.2 Å². The predicted molar refractivity (Wildman–Crippen MR) is 133 cm³/mol. The van der Waals surface area contributed by atoms with Crippen LogP contribution in [-0.4, -0.2) is 55.7 Å². The number of anilines is 1. The number of hydrogen-bond acceptors (Lipinski definition) is 5. The third-order valence-electron chi connectivity index (χ3n) is 7.33. The lowest BCUT2D eigenvalue weighted by molar-refractivity contribution is 0.0189. The standard InChI is InChI=1S/C28H34N2O4/c1-28(2,3)34-27(32)29-12-10-25-24(16-29)23-15-19(13-18-7-5-6-11-30(25)26(18)23)22-9-8-21(33-4)14-20(22)17-31/h8-9,13-15,17,24-25H,5-7,10-12,16H2,1-4H3/t24-,25-/m0/s1. The van der Waals surface area contributed by atoms with Crippen LogP contribution in [0.5, 0.6) is 5.75 Å². The summed E-state index contributed by atoms with van der Waals surface area (Å²) >= 11 is 0. The highest BCUT2D eigenvalue weighted by Crippen LogP contribution is 2.49. The Morgan fingerprint density at radius 1 is 1.12 bits per heavy atom. The summed E-state index contributed by atoms with van der Waals surface area (Å²) < 4.78 is 11.0. The van der Waals surface area contributed by atoms with Gasteiger partial charge in [-0.3, -0.25) is 4.79 Å². The summed E-state index contributed by atoms with van der Waals surface area (Å²) in [6.07, 6.45) is 4.99. The number of aldehydes is 1. The van der Waals surface area contributed by atoms with E-state index in [2.05, 4.69) is 17.0 Å². The summed E-state index contributed by atoms with van der Waals surface area (Å²) in [4.78, 5) is 29.3. The molecule has 2 atom stereocenters. The number of ether oxygens (including phenoxy) is 2. The number of carbonyl (C=O) groups excluding carboxylic acids is 2. The van der Waals surface area contributed by atoms with Crippen molar-refractivity contribution in [2.45, 2.75) is 64.0 Å². The molecular formula is C28H34N2O4. The van der Waals surface area contributed by atoms with Crippen LogP contribution in [0.15, 0.2) is 30.3 Å². The molecule has 0 radical (unpaired) electrons. The number of methoxy groups -OCH3 is 1. The molecule has 6 nitrogen and oxygen atoms in total. The van der Waals surface area contributed by atoms with Crippen LogP contribution in [0.2, 0.25) is 0 Å². The van der Waals surface area contributed by atoms with E-state index >= 15 is 0 Å². The van der Waals surface area contributed by atoms with Crippen molar-refractivity contribution in [1.82, 2.24) is 4.90 Å². The fourth-order valence-electron chi connectivity index (χ4n) is 5.88. The van der Waals surface area contributed by atoms with E-state index in [9.17, 15) is 9.59 Å². The van der Waals surface area contributed by atoms with E-state index in [1.54, 1.807) is 13.2 Å².